The van der Waals surface area contributed by atoms with Crippen LogP contribution in [0.15, 0.2) is 23.2 Å². The lowest BCUT2D eigenvalue weighted by molar-refractivity contribution is 0.257. The largest absolute Gasteiger partial charge is 0.370 e. The maximum Gasteiger partial charge on any atom is 0.192 e. The highest BCUT2D eigenvalue weighted by atomic mass is 35.5. The smallest absolute Gasteiger partial charge is 0.192 e. The zero-order valence-corrected chi connectivity index (χ0v) is 11.4. The normalized spacial score (nSPS) is 24.0. The topological polar surface area (TPSA) is 41.6 Å². The molecule has 1 aromatic carbocycles. The van der Waals surface area contributed by atoms with E-state index >= 15 is 0 Å². The molecule has 1 heterocycles. The second kappa shape index (κ2) is 5.00. The lowest BCUT2D eigenvalue weighted by Gasteiger charge is -2.32. The quantitative estimate of drug-likeness (QED) is 0.905. The second-order valence-electron chi connectivity index (χ2n) is 5.23. The summed E-state index contributed by atoms with van der Waals surface area (Å²) in [5.74, 6) is 0.275. The molecule has 0 saturated heterocycles. The van der Waals surface area contributed by atoms with Gasteiger partial charge in [-0.25, -0.2) is 4.39 Å². The summed E-state index contributed by atoms with van der Waals surface area (Å²) >= 11 is 5.81. The van der Waals surface area contributed by atoms with E-state index in [0.717, 1.165) is 12.8 Å². The summed E-state index contributed by atoms with van der Waals surface area (Å²) in [6.07, 6.45) is 4.65. The average Bonchev–Trinajstić information content (AvgIpc) is 2.98. The third kappa shape index (κ3) is 2.29. The van der Waals surface area contributed by atoms with Crippen LogP contribution in [0.3, 0.4) is 0 Å². The van der Waals surface area contributed by atoms with Crippen molar-refractivity contribution in [3.05, 3.63) is 34.6 Å². The van der Waals surface area contributed by atoms with Crippen molar-refractivity contribution < 1.29 is 4.39 Å². The summed E-state index contributed by atoms with van der Waals surface area (Å²) in [5.41, 5.74) is 6.63. The van der Waals surface area contributed by atoms with Crippen LogP contribution < -0.4 is 5.73 Å². The van der Waals surface area contributed by atoms with Crippen LogP contribution in [-0.4, -0.2) is 23.4 Å². The second-order valence-corrected chi connectivity index (χ2v) is 5.66. The number of aliphatic imine (C=N–C) groups is 1. The Morgan fingerprint density at radius 2 is 2.05 bits per heavy atom. The molecule has 3 rings (SSSR count). The molecule has 0 aromatic heterocycles. The fourth-order valence-corrected chi connectivity index (χ4v) is 3.31. The van der Waals surface area contributed by atoms with Gasteiger partial charge in [0.1, 0.15) is 5.82 Å². The van der Waals surface area contributed by atoms with Crippen LogP contribution in [-0.2, 0) is 0 Å². The van der Waals surface area contributed by atoms with Gasteiger partial charge in [0.2, 0.25) is 0 Å². The van der Waals surface area contributed by atoms with Gasteiger partial charge in [0, 0.05) is 16.6 Å². The van der Waals surface area contributed by atoms with E-state index < -0.39 is 0 Å². The highest BCUT2D eigenvalue weighted by molar-refractivity contribution is 6.30. The molecular weight excluding hydrogens is 265 g/mol. The number of nitrogens with zero attached hydrogens (tertiary/aromatic N) is 2. The van der Waals surface area contributed by atoms with E-state index in [1.165, 1.54) is 18.9 Å². The lowest BCUT2D eigenvalue weighted by Crippen LogP contribution is -2.42. The monoisotopic (exact) mass is 281 g/mol. The summed E-state index contributed by atoms with van der Waals surface area (Å²) < 4.78 is 14.1. The zero-order chi connectivity index (χ0) is 13.4. The summed E-state index contributed by atoms with van der Waals surface area (Å²) in [5, 5.41) is 0.417. The Balaban J connectivity index is 1.91. The third-order valence-corrected chi connectivity index (χ3v) is 4.30. The fourth-order valence-electron chi connectivity index (χ4n) is 3.15. The van der Waals surface area contributed by atoms with Crippen molar-refractivity contribution in [3.63, 3.8) is 0 Å². The molecule has 19 heavy (non-hydrogen) atoms. The van der Waals surface area contributed by atoms with Crippen molar-refractivity contribution >= 4 is 17.6 Å². The number of hydrogen-bond donors (Lipinski definition) is 1. The van der Waals surface area contributed by atoms with Gasteiger partial charge in [-0.05, 0) is 25.0 Å². The zero-order valence-electron chi connectivity index (χ0n) is 10.6. The van der Waals surface area contributed by atoms with Crippen molar-refractivity contribution in [1.29, 1.82) is 0 Å². The molecule has 0 bridgehead atoms. The molecule has 0 spiro atoms. The van der Waals surface area contributed by atoms with Gasteiger partial charge in [-0.1, -0.05) is 30.5 Å². The molecule has 1 aromatic rings. The molecule has 1 aliphatic carbocycles. The van der Waals surface area contributed by atoms with Gasteiger partial charge in [-0.2, -0.15) is 0 Å². The first-order valence-electron chi connectivity index (χ1n) is 6.70. The summed E-state index contributed by atoms with van der Waals surface area (Å²) in [6, 6.07) is 5.14. The summed E-state index contributed by atoms with van der Waals surface area (Å²) in [7, 11) is 0. The lowest BCUT2D eigenvalue weighted by atomic mass is 10.0. The summed E-state index contributed by atoms with van der Waals surface area (Å²) in [4.78, 5) is 6.40. The molecule has 2 aliphatic rings. The molecule has 0 amide bonds. The van der Waals surface area contributed by atoms with E-state index in [0.29, 0.717) is 29.1 Å². The molecule has 0 radical (unpaired) electrons. The molecule has 1 saturated carbocycles. The van der Waals surface area contributed by atoms with E-state index in [9.17, 15) is 4.39 Å². The number of nitrogens with two attached hydrogens (primary N) is 1. The van der Waals surface area contributed by atoms with Crippen molar-refractivity contribution in [2.45, 2.75) is 37.8 Å². The van der Waals surface area contributed by atoms with Gasteiger partial charge in [0.15, 0.2) is 5.96 Å². The molecule has 5 heteroatoms. The highest BCUT2D eigenvalue weighted by Gasteiger charge is 2.35. The molecule has 1 aliphatic heterocycles. The molecule has 1 unspecified atom stereocenters. The van der Waals surface area contributed by atoms with Gasteiger partial charge in [-0.15, -0.1) is 0 Å². The molecule has 102 valence electrons. The third-order valence-electron chi connectivity index (χ3n) is 4.07. The van der Waals surface area contributed by atoms with Crippen LogP contribution in [0.4, 0.5) is 4.39 Å². The summed E-state index contributed by atoms with van der Waals surface area (Å²) in [6.45, 7) is 0.529. The standard InChI is InChI=1S/C14H17ClFN3/c15-9-5-6-11(12(16)7-9)13-8-18-14(17)19(13)10-3-1-2-4-10/h5-7,10,13H,1-4,8H2,(H2,17,18). The van der Waals surface area contributed by atoms with Crippen LogP contribution in [0.2, 0.25) is 5.02 Å². The minimum Gasteiger partial charge on any atom is -0.370 e. The molecular formula is C14H17ClFN3. The molecule has 1 atom stereocenters. The van der Waals surface area contributed by atoms with E-state index in [1.54, 1.807) is 12.1 Å². The highest BCUT2D eigenvalue weighted by Crippen LogP contribution is 2.35. The Labute approximate surface area is 117 Å². The van der Waals surface area contributed by atoms with Crippen LogP contribution in [0.1, 0.15) is 37.3 Å². The van der Waals surface area contributed by atoms with Gasteiger partial charge in [-0.3, -0.25) is 4.99 Å². The van der Waals surface area contributed by atoms with Crippen LogP contribution in [0.5, 0.6) is 0 Å². The van der Waals surface area contributed by atoms with Crippen LogP contribution in [0, 0.1) is 5.82 Å². The first-order chi connectivity index (χ1) is 9.16. The number of halogens is 2. The minimum absolute atomic E-state index is 0.0830. The first kappa shape index (κ1) is 12.7. The predicted molar refractivity (Wildman–Crippen MR) is 74.7 cm³/mol. The molecule has 1 fully saturated rings. The minimum atomic E-state index is -0.273. The van der Waals surface area contributed by atoms with Crippen molar-refractivity contribution in [2.75, 3.05) is 6.54 Å². The number of guanidine groups is 1. The Hall–Kier alpha value is -1.29. The molecule has 3 nitrogen and oxygen atoms in total. The van der Waals surface area contributed by atoms with Gasteiger partial charge in [0.25, 0.3) is 0 Å². The van der Waals surface area contributed by atoms with Crippen molar-refractivity contribution in [1.82, 2.24) is 4.90 Å². The van der Waals surface area contributed by atoms with Crippen LogP contribution >= 0.6 is 11.6 Å². The Morgan fingerprint density at radius 1 is 1.32 bits per heavy atom. The van der Waals surface area contributed by atoms with Crippen molar-refractivity contribution in [3.8, 4) is 0 Å². The first-order valence-corrected chi connectivity index (χ1v) is 7.08. The van der Waals surface area contributed by atoms with E-state index in [-0.39, 0.29) is 11.9 Å². The SMILES string of the molecule is NC1=NCC(c2ccc(Cl)cc2F)N1C1CCCC1. The van der Waals surface area contributed by atoms with E-state index in [2.05, 4.69) is 9.89 Å². The number of hydrogen-bond acceptors (Lipinski definition) is 3. The maximum atomic E-state index is 14.1. The molecule has 2 N–H and O–H groups in total. The number of benzene rings is 1. The van der Waals surface area contributed by atoms with Gasteiger partial charge >= 0.3 is 0 Å². The maximum absolute atomic E-state index is 14.1. The van der Waals surface area contributed by atoms with Crippen LogP contribution in [0.25, 0.3) is 0 Å². The predicted octanol–water partition coefficient (Wildman–Crippen LogP) is 3.09. The van der Waals surface area contributed by atoms with Gasteiger partial charge in [0.05, 0.1) is 12.6 Å². The fraction of sp³-hybridized carbons (Fsp3) is 0.500. The van der Waals surface area contributed by atoms with E-state index in [4.69, 9.17) is 17.3 Å². The van der Waals surface area contributed by atoms with Gasteiger partial charge < -0.3 is 10.6 Å². The number of rotatable bonds is 2. The van der Waals surface area contributed by atoms with E-state index in [1.807, 2.05) is 0 Å². The average molecular weight is 282 g/mol. The van der Waals surface area contributed by atoms with Crippen molar-refractivity contribution in [2.24, 2.45) is 10.7 Å². The Bertz CT molecular complexity index is 511. The Morgan fingerprint density at radius 3 is 2.74 bits per heavy atom. The Kier molecular flexibility index (Phi) is 3.35.